The van der Waals surface area contributed by atoms with Crippen molar-refractivity contribution in [2.24, 2.45) is 5.10 Å². The number of halogens is 1. The molecule has 0 saturated heterocycles. The number of rotatable bonds is 7. The topological polar surface area (TPSA) is 110 Å². The Kier molecular flexibility index (Phi) is 6.67. The second-order valence-corrected chi connectivity index (χ2v) is 5.93. The lowest BCUT2D eigenvalue weighted by atomic mass is 10.2. The molecule has 30 heavy (non-hydrogen) atoms. The van der Waals surface area contributed by atoms with Crippen molar-refractivity contribution in [1.82, 2.24) is 10.7 Å². The van der Waals surface area contributed by atoms with Crippen molar-refractivity contribution in [1.29, 1.82) is 0 Å². The lowest BCUT2D eigenvalue weighted by molar-refractivity contribution is -0.120. The lowest BCUT2D eigenvalue weighted by Gasteiger charge is -2.05. The molecule has 2 aromatic carbocycles. The van der Waals surface area contributed by atoms with E-state index >= 15 is 0 Å². The van der Waals surface area contributed by atoms with Gasteiger partial charge in [0.05, 0.1) is 24.6 Å². The maximum Gasteiger partial charge on any atom is 0.343 e. The van der Waals surface area contributed by atoms with Gasteiger partial charge in [-0.1, -0.05) is 18.2 Å². The highest BCUT2D eigenvalue weighted by Gasteiger charge is 2.10. The third-order valence-electron chi connectivity index (χ3n) is 3.69. The van der Waals surface area contributed by atoms with Gasteiger partial charge in [-0.3, -0.25) is 9.59 Å². The Balaban J connectivity index is 1.50. The number of furan rings is 1. The Bertz CT molecular complexity index is 1080. The molecule has 0 bridgehead atoms. The van der Waals surface area contributed by atoms with E-state index in [-0.39, 0.29) is 23.6 Å². The van der Waals surface area contributed by atoms with Crippen molar-refractivity contribution in [3.8, 4) is 5.75 Å². The minimum atomic E-state index is -0.704. The molecule has 2 amide bonds. The molecule has 0 aliphatic carbocycles. The number of carbonyl (C=O) groups excluding carboxylic acids is 3. The number of nitrogens with zero attached hydrogens (tertiary/aromatic N) is 1. The molecule has 0 fully saturated rings. The molecule has 0 atom stereocenters. The number of benzene rings is 2. The molecule has 0 spiro atoms. The summed E-state index contributed by atoms with van der Waals surface area (Å²) < 4.78 is 23.3. The van der Waals surface area contributed by atoms with Crippen LogP contribution in [-0.4, -0.2) is 30.5 Å². The first kappa shape index (κ1) is 20.5. The second kappa shape index (κ2) is 9.78. The molecule has 0 unspecified atom stereocenters. The summed E-state index contributed by atoms with van der Waals surface area (Å²) in [4.78, 5) is 35.5. The van der Waals surface area contributed by atoms with E-state index in [9.17, 15) is 18.8 Å². The smallest absolute Gasteiger partial charge is 0.343 e. The average molecular weight is 409 g/mol. The summed E-state index contributed by atoms with van der Waals surface area (Å²) in [6, 6.07) is 14.6. The SMILES string of the molecule is O=C(CNC(=O)c1ccco1)N/N=C/c1cccc(OC(=O)c2cccc(F)c2)c1. The number of esters is 1. The van der Waals surface area contributed by atoms with Crippen molar-refractivity contribution in [2.75, 3.05) is 6.54 Å². The summed E-state index contributed by atoms with van der Waals surface area (Å²) in [5.74, 6) is -1.99. The van der Waals surface area contributed by atoms with Gasteiger partial charge in [-0.05, 0) is 48.0 Å². The zero-order valence-corrected chi connectivity index (χ0v) is 15.5. The highest BCUT2D eigenvalue weighted by molar-refractivity contribution is 5.94. The van der Waals surface area contributed by atoms with Crippen LogP contribution in [-0.2, 0) is 4.79 Å². The number of hydrazone groups is 1. The maximum atomic E-state index is 13.2. The summed E-state index contributed by atoms with van der Waals surface area (Å²) in [5.41, 5.74) is 2.88. The van der Waals surface area contributed by atoms with Crippen LogP contribution in [0, 0.1) is 5.82 Å². The van der Waals surface area contributed by atoms with Gasteiger partial charge in [-0.2, -0.15) is 5.10 Å². The molecule has 3 aromatic rings. The van der Waals surface area contributed by atoms with Crippen molar-refractivity contribution >= 4 is 24.0 Å². The van der Waals surface area contributed by atoms with E-state index in [2.05, 4.69) is 15.8 Å². The first-order valence-corrected chi connectivity index (χ1v) is 8.73. The van der Waals surface area contributed by atoms with Crippen LogP contribution in [0.4, 0.5) is 4.39 Å². The van der Waals surface area contributed by atoms with E-state index in [1.54, 1.807) is 24.3 Å². The van der Waals surface area contributed by atoms with Gasteiger partial charge in [0.15, 0.2) is 5.76 Å². The summed E-state index contributed by atoms with van der Waals surface area (Å²) in [6.07, 6.45) is 2.69. The van der Waals surface area contributed by atoms with Gasteiger partial charge in [0.2, 0.25) is 0 Å². The molecule has 2 N–H and O–H groups in total. The van der Waals surface area contributed by atoms with Gasteiger partial charge in [-0.25, -0.2) is 14.6 Å². The number of hydrogen-bond acceptors (Lipinski definition) is 6. The first-order valence-electron chi connectivity index (χ1n) is 8.73. The molecular formula is C21H16FN3O5. The van der Waals surface area contributed by atoms with Gasteiger partial charge in [0.1, 0.15) is 11.6 Å². The largest absolute Gasteiger partial charge is 0.459 e. The van der Waals surface area contributed by atoms with E-state index in [0.29, 0.717) is 5.56 Å². The second-order valence-electron chi connectivity index (χ2n) is 5.93. The molecule has 0 aliphatic heterocycles. The Morgan fingerprint density at radius 1 is 1.07 bits per heavy atom. The lowest BCUT2D eigenvalue weighted by Crippen LogP contribution is -2.34. The third-order valence-corrected chi connectivity index (χ3v) is 3.69. The minimum absolute atomic E-state index is 0.0814. The fraction of sp³-hybridized carbons (Fsp3) is 0.0476. The van der Waals surface area contributed by atoms with Crippen molar-refractivity contribution < 1.29 is 27.9 Å². The Morgan fingerprint density at radius 3 is 2.67 bits per heavy atom. The van der Waals surface area contributed by atoms with E-state index < -0.39 is 23.6 Å². The minimum Gasteiger partial charge on any atom is -0.459 e. The number of hydrogen-bond donors (Lipinski definition) is 2. The maximum absolute atomic E-state index is 13.2. The van der Waals surface area contributed by atoms with Crippen LogP contribution in [0.3, 0.4) is 0 Å². The quantitative estimate of drug-likeness (QED) is 0.270. The van der Waals surface area contributed by atoms with Crippen LogP contribution >= 0.6 is 0 Å². The molecule has 9 heteroatoms. The molecule has 3 rings (SSSR count). The predicted octanol–water partition coefficient (Wildman–Crippen LogP) is 2.52. The molecule has 1 heterocycles. The van der Waals surface area contributed by atoms with Gasteiger partial charge in [-0.15, -0.1) is 0 Å². The Morgan fingerprint density at radius 2 is 1.90 bits per heavy atom. The van der Waals surface area contributed by atoms with Crippen LogP contribution in [0.5, 0.6) is 5.75 Å². The van der Waals surface area contributed by atoms with E-state index in [4.69, 9.17) is 9.15 Å². The van der Waals surface area contributed by atoms with Gasteiger partial charge in [0, 0.05) is 0 Å². The molecule has 1 aromatic heterocycles. The van der Waals surface area contributed by atoms with Crippen LogP contribution < -0.4 is 15.5 Å². The summed E-state index contributed by atoms with van der Waals surface area (Å²) in [6.45, 7) is -0.290. The Labute approximate surface area is 170 Å². The third kappa shape index (κ3) is 5.86. The Hall–Kier alpha value is -4.27. The first-order chi connectivity index (χ1) is 14.5. The average Bonchev–Trinajstić information content (AvgIpc) is 3.27. The zero-order chi connectivity index (χ0) is 21.3. The van der Waals surface area contributed by atoms with Crippen molar-refractivity contribution in [3.63, 3.8) is 0 Å². The number of nitrogens with one attached hydrogen (secondary N) is 2. The number of carbonyl (C=O) groups is 3. The number of ether oxygens (including phenoxy) is 1. The van der Waals surface area contributed by atoms with E-state index in [1.165, 1.54) is 42.8 Å². The molecule has 152 valence electrons. The number of amides is 2. The highest BCUT2D eigenvalue weighted by atomic mass is 19.1. The van der Waals surface area contributed by atoms with Crippen molar-refractivity contribution in [3.05, 3.63) is 89.6 Å². The molecule has 0 aliphatic rings. The monoisotopic (exact) mass is 409 g/mol. The van der Waals surface area contributed by atoms with Crippen LogP contribution in [0.15, 0.2) is 76.4 Å². The van der Waals surface area contributed by atoms with Gasteiger partial charge >= 0.3 is 5.97 Å². The normalized spacial score (nSPS) is 10.6. The zero-order valence-electron chi connectivity index (χ0n) is 15.5. The van der Waals surface area contributed by atoms with Gasteiger partial charge in [0.25, 0.3) is 11.8 Å². The fourth-order valence-electron chi connectivity index (χ4n) is 2.31. The van der Waals surface area contributed by atoms with E-state index in [1.807, 2.05) is 0 Å². The van der Waals surface area contributed by atoms with Gasteiger partial charge < -0.3 is 14.5 Å². The molecular weight excluding hydrogens is 393 g/mol. The highest BCUT2D eigenvalue weighted by Crippen LogP contribution is 2.15. The predicted molar refractivity (Wildman–Crippen MR) is 105 cm³/mol. The molecule has 0 saturated carbocycles. The fourth-order valence-corrected chi connectivity index (χ4v) is 2.31. The van der Waals surface area contributed by atoms with Crippen LogP contribution in [0.25, 0.3) is 0 Å². The summed E-state index contributed by atoms with van der Waals surface area (Å²) >= 11 is 0. The summed E-state index contributed by atoms with van der Waals surface area (Å²) in [7, 11) is 0. The van der Waals surface area contributed by atoms with E-state index in [0.717, 1.165) is 6.07 Å². The summed E-state index contributed by atoms with van der Waals surface area (Å²) in [5, 5.41) is 6.16. The van der Waals surface area contributed by atoms with Crippen molar-refractivity contribution in [2.45, 2.75) is 0 Å². The van der Waals surface area contributed by atoms with Crippen LogP contribution in [0.2, 0.25) is 0 Å². The molecule has 0 radical (unpaired) electrons. The van der Waals surface area contributed by atoms with Crippen LogP contribution in [0.1, 0.15) is 26.5 Å². The molecule has 8 nitrogen and oxygen atoms in total. The standard InChI is InChI=1S/C21H16FN3O5/c22-16-6-2-5-15(11-16)21(28)30-17-7-1-4-14(10-17)12-24-25-19(26)13-23-20(27)18-8-3-9-29-18/h1-12H,13H2,(H,23,27)(H,25,26)/b24-12+.